The van der Waals surface area contributed by atoms with Crippen LogP contribution in [0.2, 0.25) is 0 Å². The van der Waals surface area contributed by atoms with Gasteiger partial charge in [-0.15, -0.1) is 0 Å². The summed E-state index contributed by atoms with van der Waals surface area (Å²) in [5, 5.41) is 3.76. The lowest BCUT2D eigenvalue weighted by Crippen LogP contribution is -2.12. The zero-order valence-electron chi connectivity index (χ0n) is 9.48. The Labute approximate surface area is 94.1 Å². The summed E-state index contributed by atoms with van der Waals surface area (Å²) in [5.41, 5.74) is 3.10. The van der Waals surface area contributed by atoms with Crippen molar-refractivity contribution in [3.63, 3.8) is 0 Å². The van der Waals surface area contributed by atoms with Gasteiger partial charge in [0.1, 0.15) is 11.5 Å². The first-order valence-corrected chi connectivity index (χ1v) is 4.68. The molecule has 0 saturated carbocycles. The number of nitrogens with one attached hydrogen (secondary N) is 1. The lowest BCUT2D eigenvalue weighted by atomic mass is 10.2. The summed E-state index contributed by atoms with van der Waals surface area (Å²) >= 11 is 0. The molecule has 1 N–H and O–H groups in total. The molecule has 1 aromatic carbocycles. The highest BCUT2D eigenvalue weighted by atomic mass is 16.5. The van der Waals surface area contributed by atoms with E-state index in [2.05, 4.69) is 10.5 Å². The second kappa shape index (κ2) is 5.75. The van der Waals surface area contributed by atoms with Crippen LogP contribution in [0.5, 0.6) is 11.5 Å². The van der Waals surface area contributed by atoms with Crippen molar-refractivity contribution in [1.82, 2.24) is 5.43 Å². The minimum atomic E-state index is -0.217. The number of nitrogens with zero attached hydrogens (tertiary/aromatic N) is 1. The largest absolute Gasteiger partial charge is 0.497 e. The van der Waals surface area contributed by atoms with E-state index in [1.807, 2.05) is 0 Å². The van der Waals surface area contributed by atoms with E-state index in [1.54, 1.807) is 32.4 Å². The molecule has 5 nitrogen and oxygen atoms in total. The molecule has 5 heteroatoms. The highest BCUT2D eigenvalue weighted by Gasteiger charge is 1.99. The van der Waals surface area contributed by atoms with E-state index in [9.17, 15) is 4.79 Å². The normalized spacial score (nSPS) is 10.2. The molecule has 0 aromatic heterocycles. The summed E-state index contributed by atoms with van der Waals surface area (Å²) in [6.45, 7) is 1.39. The maximum Gasteiger partial charge on any atom is 0.236 e. The van der Waals surface area contributed by atoms with Crippen molar-refractivity contribution < 1.29 is 14.3 Å². The number of carbonyl (C=O) groups excluding carboxylic acids is 1. The molecule has 0 spiro atoms. The quantitative estimate of drug-likeness (QED) is 0.614. The molecule has 0 radical (unpaired) electrons. The minimum absolute atomic E-state index is 0.217. The van der Waals surface area contributed by atoms with Gasteiger partial charge in [0.25, 0.3) is 0 Å². The average molecular weight is 222 g/mol. The maximum atomic E-state index is 10.6. The van der Waals surface area contributed by atoms with Gasteiger partial charge in [0, 0.05) is 18.6 Å². The van der Waals surface area contributed by atoms with Crippen LogP contribution >= 0.6 is 0 Å². The number of hydrazone groups is 1. The van der Waals surface area contributed by atoms with Gasteiger partial charge in [-0.1, -0.05) is 0 Å². The van der Waals surface area contributed by atoms with Crippen LogP contribution in [-0.2, 0) is 4.79 Å². The van der Waals surface area contributed by atoms with Gasteiger partial charge in [-0.2, -0.15) is 5.10 Å². The Kier molecular flexibility index (Phi) is 4.32. The van der Waals surface area contributed by atoms with Crippen LogP contribution in [0.3, 0.4) is 0 Å². The van der Waals surface area contributed by atoms with Gasteiger partial charge < -0.3 is 9.47 Å². The standard InChI is InChI=1S/C11H14N2O3/c1-8(14)13-12-7-9-4-10(15-2)6-11(5-9)16-3/h4-7H,1-3H3,(H,13,14)/b12-7+. The first kappa shape index (κ1) is 12.0. The predicted octanol–water partition coefficient (Wildman–Crippen LogP) is 1.17. The molecule has 1 aromatic rings. The molecule has 16 heavy (non-hydrogen) atoms. The van der Waals surface area contributed by atoms with Crippen molar-refractivity contribution in [2.24, 2.45) is 5.10 Å². The van der Waals surface area contributed by atoms with Crippen LogP contribution in [0.15, 0.2) is 23.3 Å². The number of methoxy groups -OCH3 is 2. The molecule has 1 amide bonds. The second-order valence-electron chi connectivity index (χ2n) is 3.07. The van der Waals surface area contributed by atoms with E-state index in [-0.39, 0.29) is 5.91 Å². The van der Waals surface area contributed by atoms with Crippen LogP contribution < -0.4 is 14.9 Å². The zero-order valence-corrected chi connectivity index (χ0v) is 9.48. The molecular formula is C11H14N2O3. The lowest BCUT2D eigenvalue weighted by molar-refractivity contribution is -0.118. The number of hydrogen-bond donors (Lipinski definition) is 1. The Morgan fingerprint density at radius 2 is 1.81 bits per heavy atom. The fourth-order valence-corrected chi connectivity index (χ4v) is 1.10. The molecule has 0 heterocycles. The SMILES string of the molecule is COc1cc(/C=N/NC(C)=O)cc(OC)c1. The van der Waals surface area contributed by atoms with E-state index in [4.69, 9.17) is 9.47 Å². The van der Waals surface area contributed by atoms with Crippen molar-refractivity contribution >= 4 is 12.1 Å². The van der Waals surface area contributed by atoms with E-state index in [0.717, 1.165) is 5.56 Å². The highest BCUT2D eigenvalue weighted by molar-refractivity contribution is 5.82. The van der Waals surface area contributed by atoms with Crippen LogP contribution in [0.25, 0.3) is 0 Å². The molecule has 0 aliphatic carbocycles. The Hall–Kier alpha value is -2.04. The molecule has 0 saturated heterocycles. The van der Waals surface area contributed by atoms with Crippen molar-refractivity contribution in [2.45, 2.75) is 6.92 Å². The van der Waals surface area contributed by atoms with E-state index < -0.39 is 0 Å². The molecule has 0 aliphatic rings. The van der Waals surface area contributed by atoms with E-state index >= 15 is 0 Å². The molecule has 0 bridgehead atoms. The summed E-state index contributed by atoms with van der Waals surface area (Å²) in [6, 6.07) is 5.33. The van der Waals surface area contributed by atoms with E-state index in [0.29, 0.717) is 11.5 Å². The highest BCUT2D eigenvalue weighted by Crippen LogP contribution is 2.21. The molecule has 0 atom stereocenters. The summed E-state index contributed by atoms with van der Waals surface area (Å²) in [6.07, 6.45) is 1.52. The smallest absolute Gasteiger partial charge is 0.236 e. The van der Waals surface area contributed by atoms with Crippen LogP contribution in [-0.4, -0.2) is 26.3 Å². The second-order valence-corrected chi connectivity index (χ2v) is 3.07. The number of rotatable bonds is 4. The van der Waals surface area contributed by atoms with Crippen molar-refractivity contribution in [3.05, 3.63) is 23.8 Å². The van der Waals surface area contributed by atoms with Crippen molar-refractivity contribution in [1.29, 1.82) is 0 Å². The summed E-state index contributed by atoms with van der Waals surface area (Å²) in [7, 11) is 3.15. The summed E-state index contributed by atoms with van der Waals surface area (Å²) in [5.74, 6) is 1.12. The van der Waals surface area contributed by atoms with Gasteiger partial charge in [0.05, 0.1) is 20.4 Å². The van der Waals surface area contributed by atoms with Gasteiger partial charge >= 0.3 is 0 Å². The monoisotopic (exact) mass is 222 g/mol. The molecule has 0 aliphatic heterocycles. The third kappa shape index (κ3) is 3.61. The van der Waals surface area contributed by atoms with Crippen LogP contribution in [0, 0.1) is 0 Å². The zero-order chi connectivity index (χ0) is 12.0. The Balaban J connectivity index is 2.86. The number of hydrogen-bond acceptors (Lipinski definition) is 4. The summed E-state index contributed by atoms with van der Waals surface area (Å²) < 4.78 is 10.2. The van der Waals surface area contributed by atoms with Gasteiger partial charge in [-0.3, -0.25) is 4.79 Å². The van der Waals surface area contributed by atoms with Gasteiger partial charge in [-0.05, 0) is 12.1 Å². The minimum Gasteiger partial charge on any atom is -0.497 e. The fourth-order valence-electron chi connectivity index (χ4n) is 1.10. The molecule has 0 unspecified atom stereocenters. The first-order chi connectivity index (χ1) is 7.65. The molecule has 0 fully saturated rings. The van der Waals surface area contributed by atoms with Gasteiger partial charge in [-0.25, -0.2) is 5.43 Å². The fraction of sp³-hybridized carbons (Fsp3) is 0.273. The topological polar surface area (TPSA) is 59.9 Å². The van der Waals surface area contributed by atoms with E-state index in [1.165, 1.54) is 13.1 Å². The number of benzene rings is 1. The Morgan fingerprint density at radius 3 is 2.25 bits per heavy atom. The first-order valence-electron chi connectivity index (χ1n) is 4.68. The Bertz CT molecular complexity index is 380. The third-order valence-electron chi connectivity index (χ3n) is 1.81. The third-order valence-corrected chi connectivity index (χ3v) is 1.81. The lowest BCUT2D eigenvalue weighted by Gasteiger charge is -2.05. The molecule has 1 rings (SSSR count). The Morgan fingerprint density at radius 1 is 1.25 bits per heavy atom. The van der Waals surface area contributed by atoms with Crippen LogP contribution in [0.1, 0.15) is 12.5 Å². The van der Waals surface area contributed by atoms with Crippen LogP contribution in [0.4, 0.5) is 0 Å². The maximum absolute atomic E-state index is 10.6. The van der Waals surface area contributed by atoms with Crippen molar-refractivity contribution in [3.8, 4) is 11.5 Å². The van der Waals surface area contributed by atoms with Gasteiger partial charge in [0.2, 0.25) is 5.91 Å². The predicted molar refractivity (Wildman–Crippen MR) is 61.0 cm³/mol. The van der Waals surface area contributed by atoms with Crippen molar-refractivity contribution in [2.75, 3.05) is 14.2 Å². The molecular weight excluding hydrogens is 208 g/mol. The number of carbonyl (C=O) groups is 1. The number of ether oxygens (including phenoxy) is 2. The summed E-state index contributed by atoms with van der Waals surface area (Å²) in [4.78, 5) is 10.6. The van der Waals surface area contributed by atoms with Gasteiger partial charge in [0.15, 0.2) is 0 Å². The molecule has 86 valence electrons. The number of amides is 1. The average Bonchev–Trinajstić information content (AvgIpc) is 2.28.